The molecule has 6 rings (SSSR count). The van der Waals surface area contributed by atoms with Crippen molar-refractivity contribution in [3.63, 3.8) is 0 Å². The minimum absolute atomic E-state index is 0.136. The summed E-state index contributed by atoms with van der Waals surface area (Å²) in [7, 11) is 2.12. The molecule has 5 aromatic rings. The molecule has 0 bridgehead atoms. The number of hydrogen-bond donors (Lipinski definition) is 2. The number of anilines is 1. The lowest BCUT2D eigenvalue weighted by Crippen LogP contribution is -2.44. The standard InChI is InChI=1S/C39H41ClN6O5/c1-24(2)37(38(47)48)43-21-30-15-32(40)36(17-35(30)49-22-27-14-26(18-41)19-42-20-27)50-23-29-6-5-7-31(25(29)3)28-8-9-34-33(16-28)44-39(51-34)46-12-10-45(4)11-13-46/h5-9,14-17,19-20,24,37,43H,10-13,21-23H2,1-4H3,(H,47,48)/t37-/m0/s1. The molecule has 11 nitrogen and oxygen atoms in total. The van der Waals surface area contributed by atoms with E-state index in [1.807, 2.05) is 32.0 Å². The molecule has 12 heteroatoms. The first-order valence-electron chi connectivity index (χ1n) is 16.9. The van der Waals surface area contributed by atoms with Gasteiger partial charge in [0.15, 0.2) is 5.58 Å². The molecule has 0 spiro atoms. The lowest BCUT2D eigenvalue weighted by Gasteiger charge is -2.31. The van der Waals surface area contributed by atoms with E-state index in [1.165, 1.54) is 6.20 Å². The fourth-order valence-corrected chi connectivity index (χ4v) is 6.34. The number of carbonyl (C=O) groups is 1. The number of ether oxygens (including phenoxy) is 2. The number of nitriles is 1. The van der Waals surface area contributed by atoms with E-state index < -0.39 is 12.0 Å². The quantitative estimate of drug-likeness (QED) is 0.133. The molecule has 0 saturated carbocycles. The number of carboxylic acid groups (broad SMARTS) is 1. The van der Waals surface area contributed by atoms with Crippen LogP contribution in [0.2, 0.25) is 5.02 Å². The third-order valence-electron chi connectivity index (χ3n) is 9.17. The first-order chi connectivity index (χ1) is 24.6. The monoisotopic (exact) mass is 708 g/mol. The van der Waals surface area contributed by atoms with E-state index in [0.29, 0.717) is 39.2 Å². The Morgan fingerprint density at radius 3 is 2.57 bits per heavy atom. The van der Waals surface area contributed by atoms with Gasteiger partial charge in [0.05, 0.1) is 10.6 Å². The number of nitrogens with zero attached hydrogens (tertiary/aromatic N) is 5. The van der Waals surface area contributed by atoms with E-state index in [-0.39, 0.29) is 25.7 Å². The molecule has 2 N–H and O–H groups in total. The second kappa shape index (κ2) is 15.8. The van der Waals surface area contributed by atoms with Crippen molar-refractivity contribution in [1.82, 2.24) is 20.2 Å². The SMILES string of the molecule is Cc1c(COc2cc(OCc3cncc(C#N)c3)c(CN[C@H](C(=O)O)C(C)C)cc2Cl)cccc1-c1ccc2oc(N3CCN(C)CC3)nc2c1. The van der Waals surface area contributed by atoms with E-state index in [9.17, 15) is 15.2 Å². The molecule has 1 atom stereocenters. The number of carboxylic acids is 1. The molecule has 0 amide bonds. The molecule has 3 heterocycles. The van der Waals surface area contributed by atoms with Gasteiger partial charge in [0.1, 0.15) is 42.3 Å². The highest BCUT2D eigenvalue weighted by molar-refractivity contribution is 6.32. The largest absolute Gasteiger partial charge is 0.488 e. The number of benzene rings is 3. The first kappa shape index (κ1) is 35.7. The number of fused-ring (bicyclic) bond motifs is 1. The van der Waals surface area contributed by atoms with Crippen LogP contribution in [0.3, 0.4) is 0 Å². The number of aromatic nitrogens is 2. The topological polar surface area (TPSA) is 137 Å². The van der Waals surface area contributed by atoms with Gasteiger partial charge < -0.3 is 28.8 Å². The van der Waals surface area contributed by atoms with Crippen LogP contribution in [0.25, 0.3) is 22.2 Å². The van der Waals surface area contributed by atoms with Crippen LogP contribution in [0.15, 0.2) is 71.4 Å². The van der Waals surface area contributed by atoms with Gasteiger partial charge in [-0.1, -0.05) is 49.7 Å². The van der Waals surface area contributed by atoms with Gasteiger partial charge in [-0.2, -0.15) is 10.2 Å². The lowest BCUT2D eigenvalue weighted by atomic mass is 9.96. The van der Waals surface area contributed by atoms with Gasteiger partial charge in [-0.15, -0.1) is 0 Å². The summed E-state index contributed by atoms with van der Waals surface area (Å²) in [4.78, 5) is 25.3. The van der Waals surface area contributed by atoms with Gasteiger partial charge in [-0.3, -0.25) is 15.1 Å². The van der Waals surface area contributed by atoms with Crippen LogP contribution >= 0.6 is 11.6 Å². The highest BCUT2D eigenvalue weighted by Gasteiger charge is 2.23. The molecule has 0 aliphatic carbocycles. The average molecular weight is 709 g/mol. The molecule has 1 saturated heterocycles. The van der Waals surface area contributed by atoms with E-state index in [0.717, 1.165) is 59.5 Å². The van der Waals surface area contributed by atoms with Crippen molar-refractivity contribution < 1.29 is 23.8 Å². The third kappa shape index (κ3) is 8.43. The van der Waals surface area contributed by atoms with Crippen molar-refractivity contribution in [2.75, 3.05) is 38.1 Å². The van der Waals surface area contributed by atoms with Crippen molar-refractivity contribution in [3.8, 4) is 28.7 Å². The molecular weight excluding hydrogens is 668 g/mol. The molecular formula is C39H41ClN6O5. The summed E-state index contributed by atoms with van der Waals surface area (Å²) in [5, 5.41) is 22.5. The number of nitrogens with one attached hydrogen (secondary N) is 1. The van der Waals surface area contributed by atoms with Crippen molar-refractivity contribution in [3.05, 3.63) is 99.8 Å². The summed E-state index contributed by atoms with van der Waals surface area (Å²) >= 11 is 6.76. The van der Waals surface area contributed by atoms with Crippen LogP contribution in [-0.4, -0.2) is 65.2 Å². The van der Waals surface area contributed by atoms with Gasteiger partial charge in [-0.25, -0.2) is 0 Å². The smallest absolute Gasteiger partial charge is 0.320 e. The Balaban J connectivity index is 1.22. The number of rotatable bonds is 13. The Labute approximate surface area is 302 Å². The number of piperazine rings is 1. The van der Waals surface area contributed by atoms with E-state index in [4.69, 9.17) is 30.5 Å². The Kier molecular flexibility index (Phi) is 11.1. The van der Waals surface area contributed by atoms with Crippen molar-refractivity contribution in [1.29, 1.82) is 5.26 Å². The molecule has 0 unspecified atom stereocenters. The van der Waals surface area contributed by atoms with Crippen molar-refractivity contribution in [2.24, 2.45) is 5.92 Å². The second-order valence-corrected chi connectivity index (χ2v) is 13.6. The van der Waals surface area contributed by atoms with Gasteiger partial charge in [0, 0.05) is 62.3 Å². The average Bonchev–Trinajstić information content (AvgIpc) is 3.55. The van der Waals surface area contributed by atoms with Crippen LogP contribution in [0.1, 0.15) is 41.7 Å². The zero-order chi connectivity index (χ0) is 36.1. The fraction of sp³-hybridized carbons (Fsp3) is 0.333. The predicted octanol–water partition coefficient (Wildman–Crippen LogP) is 6.83. The number of halogens is 1. The molecule has 3 aromatic carbocycles. The molecule has 51 heavy (non-hydrogen) atoms. The van der Waals surface area contributed by atoms with Crippen molar-refractivity contribution >= 4 is 34.7 Å². The number of pyridine rings is 1. The highest BCUT2D eigenvalue weighted by atomic mass is 35.5. The lowest BCUT2D eigenvalue weighted by molar-refractivity contribution is -0.140. The zero-order valence-electron chi connectivity index (χ0n) is 29.1. The van der Waals surface area contributed by atoms with E-state index in [2.05, 4.69) is 58.3 Å². The summed E-state index contributed by atoms with van der Waals surface area (Å²) < 4.78 is 18.6. The molecule has 2 aromatic heterocycles. The molecule has 264 valence electrons. The number of aliphatic carboxylic acids is 1. The Hall–Kier alpha value is -5.15. The molecule has 1 aliphatic heterocycles. The number of hydrogen-bond acceptors (Lipinski definition) is 10. The molecule has 1 aliphatic rings. The Morgan fingerprint density at radius 2 is 1.82 bits per heavy atom. The number of oxazole rings is 1. The van der Waals surface area contributed by atoms with Crippen LogP contribution in [0.4, 0.5) is 6.01 Å². The first-order valence-corrected chi connectivity index (χ1v) is 17.3. The second-order valence-electron chi connectivity index (χ2n) is 13.2. The van der Waals surface area contributed by atoms with Crippen molar-refractivity contribution in [2.45, 2.75) is 46.6 Å². The molecule has 0 radical (unpaired) electrons. The zero-order valence-corrected chi connectivity index (χ0v) is 29.9. The maximum absolute atomic E-state index is 11.8. The van der Waals surface area contributed by atoms with Gasteiger partial charge in [0.2, 0.25) is 0 Å². The maximum Gasteiger partial charge on any atom is 0.320 e. The van der Waals surface area contributed by atoms with Gasteiger partial charge in [-0.05, 0) is 66.4 Å². The van der Waals surface area contributed by atoms with Crippen LogP contribution < -0.4 is 19.7 Å². The number of likely N-dealkylation sites (N-methyl/N-ethyl adjacent to an activating group) is 1. The molecule has 1 fully saturated rings. The van der Waals surface area contributed by atoms with Crippen LogP contribution in [-0.2, 0) is 24.6 Å². The summed E-state index contributed by atoms with van der Waals surface area (Å²) in [5.41, 5.74) is 7.51. The van der Waals surface area contributed by atoms with Gasteiger partial charge >= 0.3 is 5.97 Å². The van der Waals surface area contributed by atoms with E-state index in [1.54, 1.807) is 24.4 Å². The Bertz CT molecular complexity index is 2070. The van der Waals surface area contributed by atoms with Crippen LogP contribution in [0, 0.1) is 24.2 Å². The predicted molar refractivity (Wildman–Crippen MR) is 196 cm³/mol. The summed E-state index contributed by atoms with van der Waals surface area (Å²) in [5.74, 6) is -0.185. The maximum atomic E-state index is 11.8. The Morgan fingerprint density at radius 1 is 1.04 bits per heavy atom. The van der Waals surface area contributed by atoms with E-state index >= 15 is 0 Å². The summed E-state index contributed by atoms with van der Waals surface area (Å²) in [6, 6.07) is 19.4. The van der Waals surface area contributed by atoms with Crippen LogP contribution in [0.5, 0.6) is 11.5 Å². The third-order valence-corrected chi connectivity index (χ3v) is 9.46. The minimum atomic E-state index is -0.938. The summed E-state index contributed by atoms with van der Waals surface area (Å²) in [6.07, 6.45) is 3.12. The highest BCUT2D eigenvalue weighted by Crippen LogP contribution is 2.36. The minimum Gasteiger partial charge on any atom is -0.488 e. The summed E-state index contributed by atoms with van der Waals surface area (Å²) in [6.45, 7) is 10.1. The normalized spacial score (nSPS) is 14.1. The van der Waals surface area contributed by atoms with Gasteiger partial charge in [0.25, 0.3) is 6.01 Å². The fourth-order valence-electron chi connectivity index (χ4n) is 6.10.